The number of ether oxygens (including phenoxy) is 1. The van der Waals surface area contributed by atoms with Crippen molar-refractivity contribution in [3.8, 4) is 11.8 Å². The van der Waals surface area contributed by atoms with Crippen molar-refractivity contribution in [2.75, 3.05) is 6.61 Å². The summed E-state index contributed by atoms with van der Waals surface area (Å²) in [5.41, 5.74) is -0.525. The van der Waals surface area contributed by atoms with Crippen LogP contribution in [0.2, 0.25) is 10.0 Å². The molecule has 0 aliphatic carbocycles. The predicted octanol–water partition coefficient (Wildman–Crippen LogP) is 3.92. The lowest BCUT2D eigenvalue weighted by molar-refractivity contribution is 0.227. The second kappa shape index (κ2) is 4.74. The Morgan fingerprint density at radius 1 is 1.40 bits per heavy atom. The zero-order chi connectivity index (χ0) is 11.5. The van der Waals surface area contributed by atoms with Crippen LogP contribution in [-0.4, -0.2) is 6.61 Å². The number of nitriles is 1. The van der Waals surface area contributed by atoms with Gasteiger partial charge in [0, 0.05) is 5.02 Å². The molecule has 0 heterocycles. The van der Waals surface area contributed by atoms with Crippen LogP contribution in [0, 0.1) is 16.7 Å². The first-order valence-electron chi connectivity index (χ1n) is 4.44. The first kappa shape index (κ1) is 12.2. The molecule has 1 aromatic rings. The van der Waals surface area contributed by atoms with Crippen LogP contribution in [0.1, 0.15) is 13.8 Å². The molecule has 0 aliphatic rings. The third-order valence-corrected chi connectivity index (χ3v) is 2.32. The lowest BCUT2D eigenvalue weighted by Crippen LogP contribution is -2.19. The van der Waals surface area contributed by atoms with Crippen LogP contribution < -0.4 is 4.74 Å². The second-order valence-corrected chi connectivity index (χ2v) is 4.70. The van der Waals surface area contributed by atoms with Crippen molar-refractivity contribution >= 4 is 23.2 Å². The average molecular weight is 244 g/mol. The summed E-state index contributed by atoms with van der Waals surface area (Å²) < 4.78 is 5.43. The maximum absolute atomic E-state index is 8.80. The lowest BCUT2D eigenvalue weighted by atomic mass is 9.98. The molecule has 0 fully saturated rings. The van der Waals surface area contributed by atoms with Gasteiger partial charge >= 0.3 is 0 Å². The van der Waals surface area contributed by atoms with E-state index in [0.717, 1.165) is 0 Å². The monoisotopic (exact) mass is 243 g/mol. The molecule has 0 saturated carbocycles. The molecule has 4 heteroatoms. The summed E-state index contributed by atoms with van der Waals surface area (Å²) in [4.78, 5) is 0. The third-order valence-electron chi connectivity index (χ3n) is 1.79. The highest BCUT2D eigenvalue weighted by Gasteiger charge is 2.18. The Morgan fingerprint density at radius 2 is 2.07 bits per heavy atom. The Kier molecular flexibility index (Phi) is 3.84. The highest BCUT2D eigenvalue weighted by atomic mass is 35.5. The summed E-state index contributed by atoms with van der Waals surface area (Å²) in [6.45, 7) is 3.90. The van der Waals surface area contributed by atoms with Gasteiger partial charge in [0.2, 0.25) is 0 Å². The van der Waals surface area contributed by atoms with Gasteiger partial charge in [-0.05, 0) is 32.0 Å². The van der Waals surface area contributed by atoms with E-state index in [1.54, 1.807) is 32.0 Å². The van der Waals surface area contributed by atoms with E-state index in [2.05, 4.69) is 6.07 Å². The van der Waals surface area contributed by atoms with Gasteiger partial charge < -0.3 is 4.74 Å². The minimum absolute atomic E-state index is 0.296. The van der Waals surface area contributed by atoms with E-state index in [1.807, 2.05) is 0 Å². The summed E-state index contributed by atoms with van der Waals surface area (Å²) in [6, 6.07) is 7.15. The van der Waals surface area contributed by atoms with Crippen LogP contribution >= 0.6 is 23.2 Å². The van der Waals surface area contributed by atoms with E-state index in [4.69, 9.17) is 33.2 Å². The largest absolute Gasteiger partial charge is 0.490 e. The molecule has 0 saturated heterocycles. The van der Waals surface area contributed by atoms with Gasteiger partial charge in [-0.3, -0.25) is 0 Å². The Balaban J connectivity index is 2.71. The Labute approximate surface area is 99.4 Å². The van der Waals surface area contributed by atoms with Crippen molar-refractivity contribution in [3.05, 3.63) is 28.2 Å². The molecule has 0 amide bonds. The fourth-order valence-corrected chi connectivity index (χ4v) is 1.35. The van der Waals surface area contributed by atoms with E-state index >= 15 is 0 Å². The van der Waals surface area contributed by atoms with E-state index < -0.39 is 5.41 Å². The topological polar surface area (TPSA) is 33.0 Å². The fraction of sp³-hybridized carbons (Fsp3) is 0.364. The molecule has 0 spiro atoms. The molecule has 1 rings (SSSR count). The number of nitrogens with zero attached hydrogens (tertiary/aromatic N) is 1. The highest BCUT2D eigenvalue weighted by molar-refractivity contribution is 6.35. The Morgan fingerprint density at radius 3 is 2.60 bits per heavy atom. The number of halogens is 2. The van der Waals surface area contributed by atoms with Gasteiger partial charge in [-0.25, -0.2) is 0 Å². The summed E-state index contributed by atoms with van der Waals surface area (Å²) in [5, 5.41) is 9.82. The van der Waals surface area contributed by atoms with Gasteiger partial charge in [0.25, 0.3) is 0 Å². The summed E-state index contributed by atoms with van der Waals surface area (Å²) in [7, 11) is 0. The first-order valence-corrected chi connectivity index (χ1v) is 5.19. The van der Waals surface area contributed by atoms with Gasteiger partial charge in [0.15, 0.2) is 0 Å². The molecule has 0 N–H and O–H groups in total. The van der Waals surface area contributed by atoms with Crippen molar-refractivity contribution in [2.24, 2.45) is 5.41 Å². The van der Waals surface area contributed by atoms with Crippen LogP contribution in [0.15, 0.2) is 18.2 Å². The molecular formula is C11H11Cl2NO. The molecular weight excluding hydrogens is 233 g/mol. The van der Waals surface area contributed by atoms with Crippen molar-refractivity contribution in [1.29, 1.82) is 5.26 Å². The highest BCUT2D eigenvalue weighted by Crippen LogP contribution is 2.28. The summed E-state index contributed by atoms with van der Waals surface area (Å²) in [5.74, 6) is 0.546. The Bertz CT molecular complexity index is 396. The van der Waals surface area contributed by atoms with E-state index in [0.29, 0.717) is 22.4 Å². The molecule has 0 unspecified atom stereocenters. The molecule has 0 radical (unpaired) electrons. The smallest absolute Gasteiger partial charge is 0.138 e. The molecule has 1 aromatic carbocycles. The van der Waals surface area contributed by atoms with Crippen molar-refractivity contribution in [3.63, 3.8) is 0 Å². The van der Waals surface area contributed by atoms with Crippen molar-refractivity contribution in [2.45, 2.75) is 13.8 Å². The number of benzene rings is 1. The van der Waals surface area contributed by atoms with E-state index in [-0.39, 0.29) is 0 Å². The normalized spacial score (nSPS) is 10.9. The minimum Gasteiger partial charge on any atom is -0.490 e. The van der Waals surface area contributed by atoms with Crippen molar-refractivity contribution < 1.29 is 4.74 Å². The molecule has 15 heavy (non-hydrogen) atoms. The van der Waals surface area contributed by atoms with Crippen LogP contribution in [0.4, 0.5) is 0 Å². The van der Waals surface area contributed by atoms with Gasteiger partial charge in [0.1, 0.15) is 12.4 Å². The van der Waals surface area contributed by atoms with Gasteiger partial charge in [-0.2, -0.15) is 5.26 Å². The minimum atomic E-state index is -0.525. The van der Waals surface area contributed by atoms with Crippen LogP contribution in [0.25, 0.3) is 0 Å². The zero-order valence-corrected chi connectivity index (χ0v) is 10.1. The zero-order valence-electron chi connectivity index (χ0n) is 8.55. The number of hydrogen-bond acceptors (Lipinski definition) is 2. The summed E-state index contributed by atoms with van der Waals surface area (Å²) >= 11 is 11.7. The molecule has 0 aromatic heterocycles. The Hall–Kier alpha value is -0.910. The number of hydrogen-bond donors (Lipinski definition) is 0. The average Bonchev–Trinajstić information content (AvgIpc) is 2.16. The predicted molar refractivity (Wildman–Crippen MR) is 61.4 cm³/mol. The van der Waals surface area contributed by atoms with E-state index in [1.165, 1.54) is 0 Å². The third kappa shape index (κ3) is 3.62. The second-order valence-electron chi connectivity index (χ2n) is 3.86. The van der Waals surface area contributed by atoms with Crippen LogP contribution in [-0.2, 0) is 0 Å². The number of rotatable bonds is 3. The SMILES string of the molecule is CC(C)(C#N)COc1ccc(Cl)cc1Cl. The molecule has 2 nitrogen and oxygen atoms in total. The first-order chi connectivity index (χ1) is 6.94. The quantitative estimate of drug-likeness (QED) is 0.807. The van der Waals surface area contributed by atoms with Gasteiger partial charge in [0.05, 0.1) is 16.5 Å². The lowest BCUT2D eigenvalue weighted by Gasteiger charge is -2.16. The standard InChI is InChI=1S/C11H11Cl2NO/c1-11(2,6-14)7-15-10-4-3-8(12)5-9(10)13/h3-5H,7H2,1-2H3. The van der Waals surface area contributed by atoms with Crippen LogP contribution in [0.3, 0.4) is 0 Å². The maximum atomic E-state index is 8.80. The van der Waals surface area contributed by atoms with Crippen molar-refractivity contribution in [1.82, 2.24) is 0 Å². The van der Waals surface area contributed by atoms with E-state index in [9.17, 15) is 0 Å². The molecule has 0 atom stereocenters. The fourth-order valence-electron chi connectivity index (χ4n) is 0.883. The maximum Gasteiger partial charge on any atom is 0.138 e. The molecule has 0 bridgehead atoms. The summed E-state index contributed by atoms with van der Waals surface area (Å²) in [6.07, 6.45) is 0. The van der Waals surface area contributed by atoms with Crippen LogP contribution in [0.5, 0.6) is 5.75 Å². The molecule has 0 aliphatic heterocycles. The van der Waals surface area contributed by atoms with Gasteiger partial charge in [-0.15, -0.1) is 0 Å². The van der Waals surface area contributed by atoms with Gasteiger partial charge in [-0.1, -0.05) is 23.2 Å². The molecule has 80 valence electrons.